The Morgan fingerprint density at radius 2 is 1.91 bits per heavy atom. The molecule has 0 saturated carbocycles. The van der Waals surface area contributed by atoms with Crippen LogP contribution in [0.3, 0.4) is 0 Å². The van der Waals surface area contributed by atoms with E-state index in [1.54, 1.807) is 38.2 Å². The largest absolute Gasteiger partial charge is 0.484 e. The summed E-state index contributed by atoms with van der Waals surface area (Å²) in [5.41, 5.74) is 0.434. The zero-order chi connectivity index (χ0) is 16.1. The van der Waals surface area contributed by atoms with Crippen molar-refractivity contribution in [1.29, 1.82) is 0 Å². The molecule has 116 valence electrons. The molecule has 0 aliphatic heterocycles. The minimum atomic E-state index is -0.432. The second kappa shape index (κ2) is 7.02. The van der Waals surface area contributed by atoms with Crippen LogP contribution in [0, 0.1) is 11.6 Å². The number of amides is 1. The van der Waals surface area contributed by atoms with Gasteiger partial charge >= 0.3 is 0 Å². The Bertz CT molecular complexity index is 661. The first kappa shape index (κ1) is 15.9. The Balaban J connectivity index is 1.98. The number of rotatable bonds is 5. The number of likely N-dealkylation sites (N-methyl/N-ethyl adjacent to an activating group) is 1. The third-order valence-corrected chi connectivity index (χ3v) is 3.49. The molecule has 1 atom stereocenters. The smallest absolute Gasteiger partial charge is 0.260 e. The molecule has 0 aromatic heterocycles. The topological polar surface area (TPSA) is 29.5 Å². The molecule has 3 nitrogen and oxygen atoms in total. The van der Waals surface area contributed by atoms with Crippen LogP contribution in [0.5, 0.6) is 5.75 Å². The van der Waals surface area contributed by atoms with Crippen molar-refractivity contribution >= 4 is 5.91 Å². The average molecular weight is 305 g/mol. The third kappa shape index (κ3) is 3.81. The van der Waals surface area contributed by atoms with Gasteiger partial charge in [0.05, 0.1) is 6.04 Å². The van der Waals surface area contributed by atoms with Crippen LogP contribution in [0.2, 0.25) is 0 Å². The summed E-state index contributed by atoms with van der Waals surface area (Å²) in [5.74, 6) is -0.834. The van der Waals surface area contributed by atoms with Crippen molar-refractivity contribution in [2.24, 2.45) is 0 Å². The highest BCUT2D eigenvalue weighted by molar-refractivity contribution is 5.78. The van der Waals surface area contributed by atoms with Crippen LogP contribution >= 0.6 is 0 Å². The van der Waals surface area contributed by atoms with Gasteiger partial charge in [-0.2, -0.15) is 0 Å². The molecule has 0 bridgehead atoms. The summed E-state index contributed by atoms with van der Waals surface area (Å²) >= 11 is 0. The van der Waals surface area contributed by atoms with Crippen molar-refractivity contribution in [3.05, 3.63) is 65.7 Å². The van der Waals surface area contributed by atoms with Gasteiger partial charge in [-0.1, -0.05) is 24.3 Å². The van der Waals surface area contributed by atoms with Gasteiger partial charge < -0.3 is 9.64 Å². The van der Waals surface area contributed by atoms with Gasteiger partial charge in [0.25, 0.3) is 5.91 Å². The molecule has 0 radical (unpaired) electrons. The van der Waals surface area contributed by atoms with Crippen LogP contribution in [0.4, 0.5) is 8.78 Å². The lowest BCUT2D eigenvalue weighted by Crippen LogP contribution is -2.34. The van der Waals surface area contributed by atoms with E-state index >= 15 is 0 Å². The van der Waals surface area contributed by atoms with E-state index < -0.39 is 11.9 Å². The molecule has 22 heavy (non-hydrogen) atoms. The van der Waals surface area contributed by atoms with Gasteiger partial charge in [-0.3, -0.25) is 4.79 Å². The Kier molecular flexibility index (Phi) is 5.09. The second-order valence-corrected chi connectivity index (χ2v) is 4.95. The second-order valence-electron chi connectivity index (χ2n) is 4.95. The lowest BCUT2D eigenvalue weighted by molar-refractivity contribution is -0.134. The highest BCUT2D eigenvalue weighted by Gasteiger charge is 2.20. The molecular formula is C17H17F2NO2. The molecule has 0 aliphatic carbocycles. The number of hydrogen-bond donors (Lipinski definition) is 0. The van der Waals surface area contributed by atoms with E-state index in [-0.39, 0.29) is 24.1 Å². The summed E-state index contributed by atoms with van der Waals surface area (Å²) < 4.78 is 32.0. The minimum Gasteiger partial charge on any atom is -0.484 e. The third-order valence-electron chi connectivity index (χ3n) is 3.49. The Hall–Kier alpha value is -2.43. The molecular weight excluding hydrogens is 288 g/mol. The lowest BCUT2D eigenvalue weighted by Gasteiger charge is -2.25. The predicted octanol–water partition coefficient (Wildman–Crippen LogP) is 3.56. The number of hydrogen-bond acceptors (Lipinski definition) is 2. The molecule has 1 amide bonds. The quantitative estimate of drug-likeness (QED) is 0.845. The van der Waals surface area contributed by atoms with Gasteiger partial charge in [0.2, 0.25) is 0 Å². The number of halogens is 2. The van der Waals surface area contributed by atoms with Crippen molar-refractivity contribution in [1.82, 2.24) is 4.90 Å². The van der Waals surface area contributed by atoms with E-state index in [1.807, 2.05) is 0 Å². The van der Waals surface area contributed by atoms with Crippen LogP contribution < -0.4 is 4.74 Å². The van der Waals surface area contributed by atoms with Crippen LogP contribution in [-0.2, 0) is 4.79 Å². The van der Waals surface area contributed by atoms with Crippen LogP contribution in [0.25, 0.3) is 0 Å². The van der Waals surface area contributed by atoms with E-state index in [0.29, 0.717) is 5.56 Å². The van der Waals surface area contributed by atoms with Gasteiger partial charge in [0, 0.05) is 18.7 Å². The molecule has 0 fully saturated rings. The number of benzene rings is 2. The number of ether oxygens (including phenoxy) is 1. The molecule has 1 unspecified atom stereocenters. The summed E-state index contributed by atoms with van der Waals surface area (Å²) in [6.45, 7) is 1.50. The van der Waals surface area contributed by atoms with E-state index in [1.165, 1.54) is 29.2 Å². The molecule has 2 aromatic rings. The van der Waals surface area contributed by atoms with Crippen LogP contribution in [0.1, 0.15) is 18.5 Å². The van der Waals surface area contributed by atoms with Gasteiger partial charge in [0.1, 0.15) is 17.4 Å². The van der Waals surface area contributed by atoms with E-state index in [0.717, 1.165) is 0 Å². The van der Waals surface area contributed by atoms with E-state index in [9.17, 15) is 13.6 Å². The molecule has 0 heterocycles. The lowest BCUT2D eigenvalue weighted by atomic mass is 10.1. The summed E-state index contributed by atoms with van der Waals surface area (Å²) in [6, 6.07) is 11.4. The zero-order valence-corrected chi connectivity index (χ0v) is 12.4. The van der Waals surface area contributed by atoms with Crippen molar-refractivity contribution in [3.8, 4) is 5.75 Å². The maximum Gasteiger partial charge on any atom is 0.260 e. The summed E-state index contributed by atoms with van der Waals surface area (Å²) in [6.07, 6.45) is 0. The average Bonchev–Trinajstić information content (AvgIpc) is 2.52. The number of carbonyl (C=O) groups is 1. The Morgan fingerprint density at radius 3 is 2.59 bits per heavy atom. The zero-order valence-electron chi connectivity index (χ0n) is 12.4. The Morgan fingerprint density at radius 1 is 1.18 bits per heavy atom. The highest BCUT2D eigenvalue weighted by Crippen LogP contribution is 2.21. The summed E-state index contributed by atoms with van der Waals surface area (Å²) in [4.78, 5) is 13.5. The molecule has 0 N–H and O–H groups in total. The monoisotopic (exact) mass is 305 g/mol. The molecule has 2 aromatic carbocycles. The normalized spacial score (nSPS) is 11.8. The minimum absolute atomic E-state index is 0.237. The fourth-order valence-electron chi connectivity index (χ4n) is 2.04. The molecule has 0 spiro atoms. The van der Waals surface area contributed by atoms with Gasteiger partial charge in [-0.15, -0.1) is 0 Å². The van der Waals surface area contributed by atoms with Crippen molar-refractivity contribution in [2.75, 3.05) is 13.7 Å². The molecule has 0 aliphatic rings. The standard InChI is InChI=1S/C17H17F2NO2/c1-12(15-8-3-4-9-16(15)19)20(2)17(21)11-22-14-7-5-6-13(18)10-14/h3-10,12H,11H2,1-2H3. The van der Waals surface area contributed by atoms with Gasteiger partial charge in [-0.05, 0) is 25.1 Å². The van der Waals surface area contributed by atoms with Crippen LogP contribution in [0.15, 0.2) is 48.5 Å². The maximum atomic E-state index is 13.7. The molecule has 5 heteroatoms. The molecule has 2 rings (SSSR count). The van der Waals surface area contributed by atoms with Gasteiger partial charge in [-0.25, -0.2) is 8.78 Å². The fourth-order valence-corrected chi connectivity index (χ4v) is 2.04. The first-order chi connectivity index (χ1) is 10.5. The van der Waals surface area contributed by atoms with Crippen molar-refractivity contribution in [3.63, 3.8) is 0 Å². The van der Waals surface area contributed by atoms with Crippen molar-refractivity contribution < 1.29 is 18.3 Å². The number of nitrogens with zero attached hydrogens (tertiary/aromatic N) is 1. The highest BCUT2D eigenvalue weighted by atomic mass is 19.1. The summed E-state index contributed by atoms with van der Waals surface area (Å²) in [7, 11) is 1.58. The maximum absolute atomic E-state index is 13.7. The first-order valence-corrected chi connectivity index (χ1v) is 6.87. The van der Waals surface area contributed by atoms with Crippen molar-refractivity contribution in [2.45, 2.75) is 13.0 Å². The van der Waals surface area contributed by atoms with Crippen LogP contribution in [-0.4, -0.2) is 24.5 Å². The van der Waals surface area contributed by atoms with Gasteiger partial charge in [0.15, 0.2) is 6.61 Å². The first-order valence-electron chi connectivity index (χ1n) is 6.87. The molecule has 0 saturated heterocycles. The summed E-state index contributed by atoms with van der Waals surface area (Å²) in [5, 5.41) is 0. The predicted molar refractivity (Wildman–Crippen MR) is 79.5 cm³/mol. The van der Waals surface area contributed by atoms with E-state index in [4.69, 9.17) is 4.74 Å². The SMILES string of the molecule is CC(c1ccccc1F)N(C)C(=O)COc1cccc(F)c1. The number of carbonyl (C=O) groups excluding carboxylic acids is 1. The van der Waals surface area contributed by atoms with E-state index in [2.05, 4.69) is 0 Å². The Labute approximate surface area is 128 Å². The fraction of sp³-hybridized carbons (Fsp3) is 0.235.